The highest BCUT2D eigenvalue weighted by molar-refractivity contribution is 7.89. The van der Waals surface area contributed by atoms with E-state index in [1.807, 2.05) is 6.92 Å². The molecule has 1 saturated heterocycles. The molecule has 0 bridgehead atoms. The van der Waals surface area contributed by atoms with Crippen LogP contribution in [0.1, 0.15) is 26.7 Å². The van der Waals surface area contributed by atoms with Crippen molar-refractivity contribution < 1.29 is 13.5 Å². The molecule has 1 aliphatic heterocycles. The molecule has 0 aliphatic carbocycles. The Balaban J connectivity index is 2.21. The van der Waals surface area contributed by atoms with Crippen molar-refractivity contribution in [3.05, 3.63) is 12.4 Å². The lowest BCUT2D eigenvalue weighted by Crippen LogP contribution is -2.43. The third-order valence-electron chi connectivity index (χ3n) is 3.62. The molecule has 2 rings (SSSR count). The lowest BCUT2D eigenvalue weighted by molar-refractivity contribution is 0.220. The topological polar surface area (TPSA) is 75.4 Å². The molecule has 1 aromatic rings. The van der Waals surface area contributed by atoms with Crippen molar-refractivity contribution in [3.8, 4) is 0 Å². The molecule has 1 fully saturated rings. The van der Waals surface area contributed by atoms with Crippen molar-refractivity contribution >= 4 is 10.0 Å². The lowest BCUT2D eigenvalue weighted by atomic mass is 9.95. The Kier molecular flexibility index (Phi) is 4.27. The zero-order chi connectivity index (χ0) is 14.0. The number of hydrogen-bond acceptors (Lipinski definition) is 4. The zero-order valence-electron chi connectivity index (χ0n) is 11.4. The van der Waals surface area contributed by atoms with E-state index < -0.39 is 10.0 Å². The minimum Gasteiger partial charge on any atom is -0.394 e. The van der Waals surface area contributed by atoms with Gasteiger partial charge in [0.2, 0.25) is 10.0 Å². The van der Waals surface area contributed by atoms with Crippen molar-refractivity contribution in [2.45, 2.75) is 44.2 Å². The summed E-state index contributed by atoms with van der Waals surface area (Å²) < 4.78 is 28.1. The summed E-state index contributed by atoms with van der Waals surface area (Å²) in [6, 6.07) is 0.0231. The predicted molar refractivity (Wildman–Crippen MR) is 71.1 cm³/mol. The van der Waals surface area contributed by atoms with Crippen molar-refractivity contribution in [1.29, 1.82) is 0 Å². The summed E-state index contributed by atoms with van der Waals surface area (Å²) in [5.74, 6) is 0.568. The lowest BCUT2D eigenvalue weighted by Gasteiger charge is -2.35. The Morgan fingerprint density at radius 3 is 2.84 bits per heavy atom. The highest BCUT2D eigenvalue weighted by Gasteiger charge is 2.33. The number of nitrogens with zero attached hydrogens (tertiary/aromatic N) is 3. The van der Waals surface area contributed by atoms with Crippen LogP contribution in [-0.4, -0.2) is 46.8 Å². The van der Waals surface area contributed by atoms with Gasteiger partial charge in [-0.05, 0) is 25.7 Å². The standard InChI is InChI=1S/C12H21N3O3S/c1-10-3-4-15(11(2)7-10)19(17,18)12-8-13-14(9-12)5-6-16/h8-11,16H,3-7H2,1-2H3. The van der Waals surface area contributed by atoms with E-state index in [4.69, 9.17) is 5.11 Å². The van der Waals surface area contributed by atoms with E-state index in [9.17, 15) is 8.42 Å². The summed E-state index contributed by atoms with van der Waals surface area (Å²) in [6.07, 6.45) is 4.63. The molecule has 6 nitrogen and oxygen atoms in total. The second kappa shape index (κ2) is 5.60. The first-order valence-corrected chi connectivity index (χ1v) is 8.04. The molecular weight excluding hydrogens is 266 g/mol. The molecule has 2 atom stereocenters. The van der Waals surface area contributed by atoms with Gasteiger partial charge in [-0.3, -0.25) is 4.68 Å². The smallest absolute Gasteiger partial charge is 0.246 e. The second-order valence-corrected chi connectivity index (χ2v) is 7.15. The van der Waals surface area contributed by atoms with Crippen LogP contribution in [-0.2, 0) is 16.6 Å². The normalized spacial score (nSPS) is 25.6. The summed E-state index contributed by atoms with van der Waals surface area (Å²) in [4.78, 5) is 0.211. The highest BCUT2D eigenvalue weighted by atomic mass is 32.2. The SMILES string of the molecule is CC1CCN(S(=O)(=O)c2cnn(CCO)c2)C(C)C1. The number of aliphatic hydroxyl groups is 1. The summed E-state index contributed by atoms with van der Waals surface area (Å²) in [7, 11) is -3.46. The molecule has 19 heavy (non-hydrogen) atoms. The third kappa shape index (κ3) is 2.98. The zero-order valence-corrected chi connectivity index (χ0v) is 12.2. The maximum atomic E-state index is 12.5. The van der Waals surface area contributed by atoms with Crippen LogP contribution in [0, 0.1) is 5.92 Å². The summed E-state index contributed by atoms with van der Waals surface area (Å²) >= 11 is 0. The first kappa shape index (κ1) is 14.5. The Bertz CT molecular complexity index is 526. The number of aromatic nitrogens is 2. The highest BCUT2D eigenvalue weighted by Crippen LogP contribution is 2.27. The van der Waals surface area contributed by atoms with Gasteiger partial charge in [-0.15, -0.1) is 0 Å². The fourth-order valence-electron chi connectivity index (χ4n) is 2.58. The van der Waals surface area contributed by atoms with Gasteiger partial charge in [0.15, 0.2) is 0 Å². The van der Waals surface area contributed by atoms with Gasteiger partial charge in [0.05, 0.1) is 19.3 Å². The molecule has 108 valence electrons. The van der Waals surface area contributed by atoms with E-state index in [0.717, 1.165) is 12.8 Å². The van der Waals surface area contributed by atoms with Gasteiger partial charge >= 0.3 is 0 Å². The molecule has 7 heteroatoms. The number of rotatable bonds is 4. The molecule has 1 N–H and O–H groups in total. The van der Waals surface area contributed by atoms with E-state index in [-0.39, 0.29) is 17.5 Å². The van der Waals surface area contributed by atoms with Gasteiger partial charge in [-0.1, -0.05) is 6.92 Å². The van der Waals surface area contributed by atoms with Gasteiger partial charge in [0.25, 0.3) is 0 Å². The van der Waals surface area contributed by atoms with Crippen LogP contribution in [0.25, 0.3) is 0 Å². The number of aliphatic hydroxyl groups excluding tert-OH is 1. The van der Waals surface area contributed by atoms with E-state index in [2.05, 4.69) is 12.0 Å². The Morgan fingerprint density at radius 2 is 2.21 bits per heavy atom. The third-order valence-corrected chi connectivity index (χ3v) is 5.59. The summed E-state index contributed by atoms with van der Waals surface area (Å²) in [5, 5.41) is 12.8. The molecule has 0 saturated carbocycles. The minimum absolute atomic E-state index is 0.0231. The maximum absolute atomic E-state index is 12.5. The molecule has 0 amide bonds. The Labute approximate surface area is 114 Å². The molecule has 2 heterocycles. The number of sulfonamides is 1. The monoisotopic (exact) mass is 287 g/mol. The van der Waals surface area contributed by atoms with E-state index in [1.54, 1.807) is 4.31 Å². The van der Waals surface area contributed by atoms with Crippen LogP contribution in [0.4, 0.5) is 0 Å². The van der Waals surface area contributed by atoms with E-state index in [0.29, 0.717) is 19.0 Å². The van der Waals surface area contributed by atoms with Crippen LogP contribution in [0.15, 0.2) is 17.3 Å². The van der Waals surface area contributed by atoms with Crippen LogP contribution < -0.4 is 0 Å². The fourth-order valence-corrected chi connectivity index (χ4v) is 4.19. The van der Waals surface area contributed by atoms with Crippen molar-refractivity contribution in [3.63, 3.8) is 0 Å². The number of hydrogen-bond donors (Lipinski definition) is 1. The first-order valence-electron chi connectivity index (χ1n) is 6.60. The molecular formula is C12H21N3O3S. The predicted octanol–water partition coefficient (Wildman–Crippen LogP) is 0.684. The second-order valence-electron chi connectivity index (χ2n) is 5.26. The Hall–Kier alpha value is -0.920. The van der Waals surface area contributed by atoms with Crippen molar-refractivity contribution in [1.82, 2.24) is 14.1 Å². The van der Waals surface area contributed by atoms with Crippen LogP contribution in [0.2, 0.25) is 0 Å². The molecule has 1 aliphatic rings. The van der Waals surface area contributed by atoms with Gasteiger partial charge in [-0.25, -0.2) is 8.42 Å². The van der Waals surface area contributed by atoms with Gasteiger partial charge in [-0.2, -0.15) is 9.40 Å². The first-order chi connectivity index (χ1) is 8.95. The quantitative estimate of drug-likeness (QED) is 0.884. The van der Waals surface area contributed by atoms with E-state index in [1.165, 1.54) is 17.1 Å². The van der Waals surface area contributed by atoms with Crippen molar-refractivity contribution in [2.75, 3.05) is 13.2 Å². The van der Waals surface area contributed by atoms with Crippen LogP contribution in [0.5, 0.6) is 0 Å². The average Bonchev–Trinajstić information content (AvgIpc) is 2.78. The van der Waals surface area contributed by atoms with Crippen LogP contribution in [0.3, 0.4) is 0 Å². The summed E-state index contributed by atoms with van der Waals surface area (Å²) in [5.41, 5.74) is 0. The summed E-state index contributed by atoms with van der Waals surface area (Å²) in [6.45, 7) is 4.92. The van der Waals surface area contributed by atoms with Gasteiger partial charge < -0.3 is 5.11 Å². The minimum atomic E-state index is -3.46. The maximum Gasteiger partial charge on any atom is 0.246 e. The van der Waals surface area contributed by atoms with Gasteiger partial charge in [0.1, 0.15) is 4.90 Å². The Morgan fingerprint density at radius 1 is 1.47 bits per heavy atom. The molecule has 1 aromatic heterocycles. The van der Waals surface area contributed by atoms with Crippen molar-refractivity contribution in [2.24, 2.45) is 5.92 Å². The molecule has 0 aromatic carbocycles. The average molecular weight is 287 g/mol. The number of piperidine rings is 1. The molecule has 0 spiro atoms. The largest absolute Gasteiger partial charge is 0.394 e. The molecule has 2 unspecified atom stereocenters. The van der Waals surface area contributed by atoms with E-state index >= 15 is 0 Å². The van der Waals surface area contributed by atoms with Gasteiger partial charge in [0, 0.05) is 18.8 Å². The molecule has 0 radical (unpaired) electrons. The fraction of sp³-hybridized carbons (Fsp3) is 0.750. The van der Waals surface area contributed by atoms with Crippen LogP contribution >= 0.6 is 0 Å².